The van der Waals surface area contributed by atoms with E-state index < -0.39 is 5.97 Å². The second-order valence-corrected chi connectivity index (χ2v) is 5.96. The summed E-state index contributed by atoms with van der Waals surface area (Å²) in [4.78, 5) is 39.4. The second kappa shape index (κ2) is 7.81. The number of ether oxygens (including phenoxy) is 1. The van der Waals surface area contributed by atoms with E-state index in [0.717, 1.165) is 0 Å². The van der Waals surface area contributed by atoms with Crippen molar-refractivity contribution in [1.29, 1.82) is 0 Å². The molecule has 3 amide bonds. The third-order valence-corrected chi connectivity index (χ3v) is 4.11. The number of amides is 3. The van der Waals surface area contributed by atoms with Gasteiger partial charge in [-0.2, -0.15) is 0 Å². The Labute approximate surface area is 141 Å². The molecule has 0 radical (unpaired) electrons. The first-order valence-electron chi connectivity index (χ1n) is 7.88. The zero-order valence-electron chi connectivity index (χ0n) is 14.2. The minimum Gasteiger partial charge on any atom is -0.465 e. The molecule has 1 aliphatic rings. The van der Waals surface area contributed by atoms with E-state index in [1.54, 1.807) is 43.3 Å². The van der Waals surface area contributed by atoms with Gasteiger partial charge in [-0.05, 0) is 25.0 Å². The second-order valence-electron chi connectivity index (χ2n) is 5.96. The topological polar surface area (TPSA) is 79.0 Å². The van der Waals surface area contributed by atoms with E-state index in [4.69, 9.17) is 4.74 Å². The molecule has 1 heterocycles. The molecule has 130 valence electrons. The van der Waals surface area contributed by atoms with Crippen LogP contribution in [-0.4, -0.2) is 62.0 Å². The minimum absolute atomic E-state index is 0.0371. The molecule has 1 saturated heterocycles. The van der Waals surface area contributed by atoms with Gasteiger partial charge in [-0.15, -0.1) is 0 Å². The molecule has 24 heavy (non-hydrogen) atoms. The quantitative estimate of drug-likeness (QED) is 0.856. The third-order valence-electron chi connectivity index (χ3n) is 4.11. The third kappa shape index (κ3) is 4.04. The maximum absolute atomic E-state index is 12.5. The van der Waals surface area contributed by atoms with Crippen molar-refractivity contribution < 1.29 is 19.1 Å². The molecule has 0 aromatic heterocycles. The maximum atomic E-state index is 12.5. The lowest BCUT2D eigenvalue weighted by Gasteiger charge is -2.33. The normalized spacial score (nSPS) is 14.9. The van der Waals surface area contributed by atoms with Gasteiger partial charge in [0.1, 0.15) is 0 Å². The lowest BCUT2D eigenvalue weighted by Crippen LogP contribution is -2.45. The fraction of sp³-hybridized carbons (Fsp3) is 0.471. The highest BCUT2D eigenvalue weighted by Gasteiger charge is 2.28. The van der Waals surface area contributed by atoms with Crippen LogP contribution in [0.4, 0.5) is 10.5 Å². The molecule has 1 aromatic carbocycles. The number of carbonyl (C=O) groups is 3. The molecule has 0 unspecified atom stereocenters. The average Bonchev–Trinajstić information content (AvgIpc) is 2.60. The molecule has 1 aromatic rings. The van der Waals surface area contributed by atoms with Crippen LogP contribution in [0.15, 0.2) is 24.3 Å². The number of hydrogen-bond acceptors (Lipinski definition) is 4. The van der Waals surface area contributed by atoms with Crippen molar-refractivity contribution in [3.8, 4) is 0 Å². The van der Waals surface area contributed by atoms with Crippen molar-refractivity contribution in [2.75, 3.05) is 39.6 Å². The molecule has 0 atom stereocenters. The number of esters is 1. The molecule has 1 fully saturated rings. The van der Waals surface area contributed by atoms with E-state index >= 15 is 0 Å². The first-order valence-corrected chi connectivity index (χ1v) is 7.88. The average molecular weight is 333 g/mol. The highest BCUT2D eigenvalue weighted by molar-refractivity contribution is 6.01. The summed E-state index contributed by atoms with van der Waals surface area (Å²) in [7, 11) is 4.73. The van der Waals surface area contributed by atoms with Crippen LogP contribution in [0.2, 0.25) is 0 Å². The molecule has 0 bridgehead atoms. The van der Waals surface area contributed by atoms with Crippen molar-refractivity contribution in [3.63, 3.8) is 0 Å². The molecule has 1 N–H and O–H groups in total. The molecule has 1 aliphatic heterocycles. The number of piperidine rings is 1. The van der Waals surface area contributed by atoms with Crippen LogP contribution in [-0.2, 0) is 9.53 Å². The Kier molecular flexibility index (Phi) is 5.78. The summed E-state index contributed by atoms with van der Waals surface area (Å²) >= 11 is 0. The standard InChI is InChI=1S/C17H23N3O4/c1-19(2)17(23)20-10-8-12(9-11-20)15(21)18-14-7-5-4-6-13(14)16(22)24-3/h4-7,12H,8-11H2,1-3H3,(H,18,21). The van der Waals surface area contributed by atoms with Crippen molar-refractivity contribution in [2.24, 2.45) is 5.92 Å². The van der Waals surface area contributed by atoms with Crippen LogP contribution in [0.5, 0.6) is 0 Å². The first-order chi connectivity index (χ1) is 11.4. The van der Waals surface area contributed by atoms with Gasteiger partial charge in [0.05, 0.1) is 18.4 Å². The Morgan fingerprint density at radius 1 is 1.17 bits per heavy atom. The lowest BCUT2D eigenvalue weighted by atomic mass is 9.96. The van der Waals surface area contributed by atoms with Gasteiger partial charge in [0.15, 0.2) is 0 Å². The van der Waals surface area contributed by atoms with Gasteiger partial charge < -0.3 is 19.9 Å². The number of rotatable bonds is 3. The van der Waals surface area contributed by atoms with Gasteiger partial charge in [-0.25, -0.2) is 9.59 Å². The zero-order chi connectivity index (χ0) is 17.7. The van der Waals surface area contributed by atoms with Gasteiger partial charge >= 0.3 is 12.0 Å². The Morgan fingerprint density at radius 2 is 1.79 bits per heavy atom. The Hall–Kier alpha value is -2.57. The summed E-state index contributed by atoms with van der Waals surface area (Å²) in [6, 6.07) is 6.72. The Bertz CT molecular complexity index is 622. The van der Waals surface area contributed by atoms with E-state index in [1.807, 2.05) is 0 Å². The molecule has 7 nitrogen and oxygen atoms in total. The Balaban J connectivity index is 1.98. The fourth-order valence-electron chi connectivity index (χ4n) is 2.73. The van der Waals surface area contributed by atoms with Crippen LogP contribution >= 0.6 is 0 Å². The number of anilines is 1. The van der Waals surface area contributed by atoms with E-state index in [-0.39, 0.29) is 17.9 Å². The number of carbonyl (C=O) groups excluding carboxylic acids is 3. The summed E-state index contributed by atoms with van der Waals surface area (Å²) in [5.41, 5.74) is 0.773. The van der Waals surface area contributed by atoms with E-state index in [2.05, 4.69) is 5.32 Å². The number of benzene rings is 1. The SMILES string of the molecule is COC(=O)c1ccccc1NC(=O)C1CCN(C(=O)N(C)C)CC1. The highest BCUT2D eigenvalue weighted by Crippen LogP contribution is 2.22. The van der Waals surface area contributed by atoms with Gasteiger partial charge in [0.2, 0.25) is 5.91 Å². The van der Waals surface area contributed by atoms with Crippen molar-refractivity contribution in [3.05, 3.63) is 29.8 Å². The summed E-state index contributed by atoms with van der Waals surface area (Å²) in [6.07, 6.45) is 1.21. The van der Waals surface area contributed by atoms with E-state index in [1.165, 1.54) is 12.0 Å². The molecule has 0 saturated carbocycles. The highest BCUT2D eigenvalue weighted by atomic mass is 16.5. The van der Waals surface area contributed by atoms with Gasteiger partial charge in [-0.3, -0.25) is 4.79 Å². The molecule has 7 heteroatoms. The number of nitrogens with zero attached hydrogens (tertiary/aromatic N) is 2. The van der Waals surface area contributed by atoms with Crippen LogP contribution in [0.3, 0.4) is 0 Å². The largest absolute Gasteiger partial charge is 0.465 e. The lowest BCUT2D eigenvalue weighted by molar-refractivity contribution is -0.121. The predicted octanol–water partition coefficient (Wildman–Crippen LogP) is 1.81. The number of methoxy groups -OCH3 is 1. The smallest absolute Gasteiger partial charge is 0.339 e. The number of nitrogens with one attached hydrogen (secondary N) is 1. The van der Waals surface area contributed by atoms with Crippen LogP contribution < -0.4 is 5.32 Å². The van der Waals surface area contributed by atoms with Crippen LogP contribution in [0.1, 0.15) is 23.2 Å². The first kappa shape index (κ1) is 17.8. The van der Waals surface area contributed by atoms with E-state index in [0.29, 0.717) is 37.2 Å². The van der Waals surface area contributed by atoms with Gasteiger partial charge in [0, 0.05) is 33.1 Å². The van der Waals surface area contributed by atoms with E-state index in [9.17, 15) is 14.4 Å². The van der Waals surface area contributed by atoms with Gasteiger partial charge in [-0.1, -0.05) is 12.1 Å². The summed E-state index contributed by atoms with van der Waals surface area (Å²) in [5.74, 6) is -0.803. The summed E-state index contributed by atoms with van der Waals surface area (Å²) in [6.45, 7) is 1.10. The molecular formula is C17H23N3O4. The monoisotopic (exact) mass is 333 g/mol. The fourth-order valence-corrected chi connectivity index (χ4v) is 2.73. The summed E-state index contributed by atoms with van der Waals surface area (Å²) < 4.78 is 4.73. The van der Waals surface area contributed by atoms with Crippen molar-refractivity contribution >= 4 is 23.6 Å². The Morgan fingerprint density at radius 3 is 2.38 bits per heavy atom. The number of para-hydroxylation sites is 1. The number of urea groups is 1. The molecule has 2 rings (SSSR count). The number of hydrogen-bond donors (Lipinski definition) is 1. The van der Waals surface area contributed by atoms with Crippen LogP contribution in [0, 0.1) is 5.92 Å². The van der Waals surface area contributed by atoms with Gasteiger partial charge in [0.25, 0.3) is 0 Å². The molecule has 0 spiro atoms. The minimum atomic E-state index is -0.489. The zero-order valence-corrected chi connectivity index (χ0v) is 14.2. The summed E-state index contributed by atoms with van der Waals surface area (Å²) in [5, 5.41) is 2.81. The van der Waals surface area contributed by atoms with Crippen molar-refractivity contribution in [1.82, 2.24) is 9.80 Å². The van der Waals surface area contributed by atoms with Crippen LogP contribution in [0.25, 0.3) is 0 Å². The maximum Gasteiger partial charge on any atom is 0.339 e. The predicted molar refractivity (Wildman–Crippen MR) is 89.8 cm³/mol. The molecule has 0 aliphatic carbocycles. The number of likely N-dealkylation sites (tertiary alicyclic amines) is 1. The molecular weight excluding hydrogens is 310 g/mol. The van der Waals surface area contributed by atoms with Crippen molar-refractivity contribution in [2.45, 2.75) is 12.8 Å².